The summed E-state index contributed by atoms with van der Waals surface area (Å²) in [5, 5.41) is 77.3. The van der Waals surface area contributed by atoms with Gasteiger partial charge < -0.3 is 64.7 Å². The van der Waals surface area contributed by atoms with Crippen LogP contribution in [0.5, 0.6) is 0 Å². The minimum absolute atomic E-state index is 0.00701. The molecule has 1 amide bonds. The summed E-state index contributed by atoms with van der Waals surface area (Å²) in [6.07, 6.45) is -0.657. The van der Waals surface area contributed by atoms with E-state index in [2.05, 4.69) is 59.9 Å². The number of methoxy groups -OCH3 is 1. The molecule has 2 aliphatic heterocycles. The Morgan fingerprint density at radius 1 is 0.734 bits per heavy atom. The van der Waals surface area contributed by atoms with Crippen LogP contribution in [0.15, 0.2) is 11.6 Å². The second kappa shape index (κ2) is 18.6. The average Bonchev–Trinajstić information content (AvgIpc) is 3.25. The molecule has 0 unspecified atom stereocenters. The summed E-state index contributed by atoms with van der Waals surface area (Å²) in [7, 11) is 1.41. The fraction of sp³-hybridized carbons (Fsp3) is 0.918. The first kappa shape index (κ1) is 50.1. The molecule has 0 aromatic heterocycles. The lowest BCUT2D eigenvalue weighted by Crippen LogP contribution is -2.67. The highest BCUT2D eigenvalue weighted by Crippen LogP contribution is 2.76. The lowest BCUT2D eigenvalue weighted by molar-refractivity contribution is -0.368. The predicted octanol–water partition coefficient (Wildman–Crippen LogP) is 3.65. The molecule has 0 aromatic carbocycles. The maximum Gasteiger partial charge on any atom is 0.305 e. The molecule has 15 nitrogen and oxygen atoms in total. The molecule has 2 heterocycles. The van der Waals surface area contributed by atoms with Crippen LogP contribution in [0, 0.1) is 50.2 Å². The van der Waals surface area contributed by atoms with Crippen molar-refractivity contribution in [2.75, 3.05) is 26.9 Å². The summed E-state index contributed by atoms with van der Waals surface area (Å²) in [6, 6.07) is 0. The number of carbonyl (C=O) groups is 2. The van der Waals surface area contributed by atoms with E-state index in [4.69, 9.17) is 23.7 Å². The molecule has 5 aliphatic carbocycles. The average molecular weight is 908 g/mol. The van der Waals surface area contributed by atoms with Crippen LogP contribution < -0.4 is 5.32 Å². The summed E-state index contributed by atoms with van der Waals surface area (Å²) in [4.78, 5) is 26.1. The lowest BCUT2D eigenvalue weighted by Gasteiger charge is -2.71. The molecule has 15 heteroatoms. The Morgan fingerprint density at radius 3 is 2.08 bits per heavy atom. The van der Waals surface area contributed by atoms with Gasteiger partial charge in [-0.2, -0.15) is 0 Å². The Hall–Kier alpha value is -1.76. The summed E-state index contributed by atoms with van der Waals surface area (Å²) in [5.41, 5.74) is 0.760. The highest BCUT2D eigenvalue weighted by molar-refractivity contribution is 5.84. The second-order valence-corrected chi connectivity index (χ2v) is 23.0. The summed E-state index contributed by atoms with van der Waals surface area (Å²) in [6.45, 7) is 16.1. The molecular formula is C49H81NO14. The van der Waals surface area contributed by atoms with Crippen molar-refractivity contribution in [2.24, 2.45) is 50.2 Å². The van der Waals surface area contributed by atoms with Gasteiger partial charge >= 0.3 is 5.97 Å². The molecule has 7 rings (SSSR count). The molecule has 0 bridgehead atoms. The van der Waals surface area contributed by atoms with Gasteiger partial charge in [0.1, 0.15) is 48.8 Å². The number of hydrogen-bond donors (Lipinski definition) is 8. The number of esters is 1. The predicted molar refractivity (Wildman–Crippen MR) is 234 cm³/mol. The van der Waals surface area contributed by atoms with Gasteiger partial charge in [0, 0.05) is 13.0 Å². The fourth-order valence-corrected chi connectivity index (χ4v) is 14.7. The van der Waals surface area contributed by atoms with Crippen molar-refractivity contribution >= 4 is 11.9 Å². The molecule has 64 heavy (non-hydrogen) atoms. The maximum atomic E-state index is 14.5. The number of unbranched alkanes of at least 4 members (excludes halogenated alkanes) is 2. The minimum atomic E-state index is -1.75. The molecular weight excluding hydrogens is 827 g/mol. The molecule has 8 N–H and O–H groups in total. The van der Waals surface area contributed by atoms with E-state index in [1.54, 1.807) is 0 Å². The maximum absolute atomic E-state index is 14.5. The fourth-order valence-electron chi connectivity index (χ4n) is 14.7. The molecule has 366 valence electrons. The molecule has 0 spiro atoms. The lowest BCUT2D eigenvalue weighted by atomic mass is 9.33. The van der Waals surface area contributed by atoms with E-state index in [0.29, 0.717) is 25.3 Å². The normalized spacial score (nSPS) is 47.2. The van der Waals surface area contributed by atoms with E-state index in [0.717, 1.165) is 77.0 Å². The molecule has 2 saturated heterocycles. The van der Waals surface area contributed by atoms with Crippen LogP contribution in [-0.2, 0) is 33.3 Å². The third-order valence-corrected chi connectivity index (χ3v) is 18.9. The van der Waals surface area contributed by atoms with Crippen LogP contribution in [0.3, 0.4) is 0 Å². The van der Waals surface area contributed by atoms with E-state index < -0.39 is 80.0 Å². The first-order valence-corrected chi connectivity index (χ1v) is 24.3. The van der Waals surface area contributed by atoms with Gasteiger partial charge in [-0.3, -0.25) is 9.59 Å². The summed E-state index contributed by atoms with van der Waals surface area (Å²) >= 11 is 0. The van der Waals surface area contributed by atoms with Crippen molar-refractivity contribution < 1.29 is 69.0 Å². The Balaban J connectivity index is 1.05. The zero-order valence-corrected chi connectivity index (χ0v) is 39.7. The van der Waals surface area contributed by atoms with Crippen LogP contribution in [0.2, 0.25) is 0 Å². The number of aliphatic hydroxyl groups is 7. The van der Waals surface area contributed by atoms with Crippen molar-refractivity contribution in [3.8, 4) is 0 Å². The minimum Gasteiger partial charge on any atom is -0.469 e. The zero-order chi connectivity index (χ0) is 46.8. The van der Waals surface area contributed by atoms with Crippen molar-refractivity contribution in [3.05, 3.63) is 11.6 Å². The van der Waals surface area contributed by atoms with Gasteiger partial charge in [-0.25, -0.2) is 0 Å². The quantitative estimate of drug-likeness (QED) is 0.0571. The van der Waals surface area contributed by atoms with E-state index in [-0.39, 0.29) is 56.9 Å². The smallest absolute Gasteiger partial charge is 0.305 e. The van der Waals surface area contributed by atoms with E-state index in [9.17, 15) is 45.3 Å². The molecule has 6 fully saturated rings. The standard InChI is InChI=1S/C49H81NO14/c1-44(2)19-21-49(43(59)50-23-11-9-10-12-34(53)60-8)22-20-47(6)27(28(49)24-44)13-14-32-46(5)17-16-33(45(3,4)31(46)15-18-48(32,47)7)63-41-39(58)37(56)40(30(26-52)62-41)64-42-38(57)36(55)35(54)29(25-51)61-42/h13,28-33,35-42,51-52,54-58H,9-12,14-26H2,1-8H3,(H,50,59)/t28-,29+,30+,31-,32+,33-,35-,36-,37+,38+,39+,40+,41-,42-,46-,47+,48+,49-/m0/s1. The zero-order valence-electron chi connectivity index (χ0n) is 39.7. The van der Waals surface area contributed by atoms with Crippen molar-refractivity contribution in [1.82, 2.24) is 5.32 Å². The monoisotopic (exact) mass is 908 g/mol. The van der Waals surface area contributed by atoms with Crippen LogP contribution in [-0.4, -0.2) is 142 Å². The van der Waals surface area contributed by atoms with Gasteiger partial charge in [-0.1, -0.05) is 66.5 Å². The van der Waals surface area contributed by atoms with Crippen LogP contribution in [0.4, 0.5) is 0 Å². The van der Waals surface area contributed by atoms with Gasteiger partial charge in [0.25, 0.3) is 0 Å². The Bertz CT molecular complexity index is 1700. The van der Waals surface area contributed by atoms with E-state index in [1.807, 2.05) is 0 Å². The van der Waals surface area contributed by atoms with Crippen LogP contribution >= 0.6 is 0 Å². The molecule has 18 atom stereocenters. The largest absolute Gasteiger partial charge is 0.469 e. The van der Waals surface area contributed by atoms with Crippen molar-refractivity contribution in [2.45, 2.75) is 206 Å². The Morgan fingerprint density at radius 2 is 1.39 bits per heavy atom. The third-order valence-electron chi connectivity index (χ3n) is 18.9. The summed E-state index contributed by atoms with van der Waals surface area (Å²) in [5.74, 6) is 0.854. The number of amides is 1. The third kappa shape index (κ3) is 8.44. The highest BCUT2D eigenvalue weighted by atomic mass is 16.7. The molecule has 0 radical (unpaired) electrons. The van der Waals surface area contributed by atoms with Gasteiger partial charge in [0.2, 0.25) is 5.91 Å². The Labute approximate surface area is 380 Å². The molecule has 7 aliphatic rings. The number of aliphatic hydroxyl groups excluding tert-OH is 7. The van der Waals surface area contributed by atoms with Gasteiger partial charge in [-0.05, 0) is 122 Å². The van der Waals surface area contributed by atoms with Crippen molar-refractivity contribution in [3.63, 3.8) is 0 Å². The number of rotatable bonds is 13. The topological polar surface area (TPSA) is 234 Å². The number of carbonyl (C=O) groups excluding carboxylic acids is 2. The summed E-state index contributed by atoms with van der Waals surface area (Å²) < 4.78 is 28.8. The van der Waals surface area contributed by atoms with Gasteiger partial charge in [0.05, 0.1) is 31.8 Å². The number of allylic oxidation sites excluding steroid dienone is 2. The first-order valence-electron chi connectivity index (χ1n) is 24.3. The van der Waals surface area contributed by atoms with Gasteiger partial charge in [-0.15, -0.1) is 0 Å². The Kier molecular flexibility index (Phi) is 14.6. The number of ether oxygens (including phenoxy) is 5. The SMILES string of the molecule is COC(=O)CCCCCNC(=O)[C@]12CCC(C)(C)C[C@H]1C1=CC[C@@H]3[C@@]4(C)CC[C@H](O[C@@H]5O[C@H](CO)[C@@H](O[C@@H]6O[C@H](CO)[C@H](O)[C@H](O)[C@H]6O)[C@H](O)[C@H]5O)C(C)(C)[C@@H]4CC[C@@]3(C)[C@]1(C)CC2. The number of hydrogen-bond acceptors (Lipinski definition) is 14. The number of nitrogens with one attached hydrogen (secondary N) is 1. The van der Waals surface area contributed by atoms with Crippen molar-refractivity contribution in [1.29, 1.82) is 0 Å². The second-order valence-electron chi connectivity index (χ2n) is 23.0. The first-order chi connectivity index (χ1) is 30.0. The van der Waals surface area contributed by atoms with Crippen LogP contribution in [0.1, 0.15) is 138 Å². The number of fused-ring (bicyclic) bond motifs is 7. The van der Waals surface area contributed by atoms with Gasteiger partial charge in [0.15, 0.2) is 12.6 Å². The van der Waals surface area contributed by atoms with Crippen LogP contribution in [0.25, 0.3) is 0 Å². The van der Waals surface area contributed by atoms with E-state index >= 15 is 0 Å². The molecule has 0 aromatic rings. The molecule has 4 saturated carbocycles. The highest BCUT2D eigenvalue weighted by Gasteiger charge is 2.69. The van der Waals surface area contributed by atoms with E-state index in [1.165, 1.54) is 12.7 Å².